The number of nitrogens with zero attached hydrogens (tertiary/aromatic N) is 4. The normalized spacial score (nSPS) is 23.5. The van der Waals surface area contributed by atoms with Crippen LogP contribution in [-0.2, 0) is 19.1 Å². The zero-order valence-electron chi connectivity index (χ0n) is 25.0. The van der Waals surface area contributed by atoms with Gasteiger partial charge in [0.15, 0.2) is 12.2 Å². The number of carboxylic acids is 1. The topological polar surface area (TPSA) is 138 Å². The van der Waals surface area contributed by atoms with Crippen LogP contribution < -0.4 is 5.32 Å². The van der Waals surface area contributed by atoms with Gasteiger partial charge < -0.3 is 24.5 Å². The first-order valence-electron chi connectivity index (χ1n) is 14.2. The summed E-state index contributed by atoms with van der Waals surface area (Å²) < 4.78 is 56.4. The van der Waals surface area contributed by atoms with Crippen molar-refractivity contribution in [1.29, 1.82) is 0 Å². The molecule has 0 saturated carbocycles. The van der Waals surface area contributed by atoms with Crippen molar-refractivity contribution < 1.29 is 41.8 Å². The number of aromatic nitrogens is 1. The summed E-state index contributed by atoms with van der Waals surface area (Å²) in [6.07, 6.45) is 1.21. The van der Waals surface area contributed by atoms with Gasteiger partial charge in [0, 0.05) is 31.4 Å². The molecule has 1 aromatic heterocycles. The minimum Gasteiger partial charge on any atom is -0.481 e. The van der Waals surface area contributed by atoms with Crippen molar-refractivity contribution in [2.45, 2.75) is 52.6 Å². The number of hydrogen-bond acceptors (Lipinski definition) is 9. The summed E-state index contributed by atoms with van der Waals surface area (Å²) in [5.41, 5.74) is -0.245. The number of oxazole rings is 1. The molecule has 5 rings (SSSR count). The van der Waals surface area contributed by atoms with Crippen LogP contribution in [0.25, 0.3) is 0 Å². The largest absolute Gasteiger partial charge is 0.481 e. The Morgan fingerprint density at radius 1 is 1.27 bits per heavy atom. The zero-order chi connectivity index (χ0) is 32.1. The average Bonchev–Trinajstić information content (AvgIpc) is 3.59. The van der Waals surface area contributed by atoms with Crippen molar-refractivity contribution in [3.8, 4) is 0 Å². The molecule has 0 unspecified atom stereocenters. The summed E-state index contributed by atoms with van der Waals surface area (Å²) in [6, 6.07) is 2.35. The number of carbonyl (C=O) groups excluding carboxylic acids is 2. The van der Waals surface area contributed by atoms with Crippen LogP contribution in [0.15, 0.2) is 45.3 Å². The lowest BCUT2D eigenvalue weighted by atomic mass is 9.91. The van der Waals surface area contributed by atoms with Crippen molar-refractivity contribution in [2.24, 2.45) is 16.3 Å². The molecule has 0 radical (unpaired) electrons. The number of amidine groups is 1. The van der Waals surface area contributed by atoms with Gasteiger partial charge in [0.1, 0.15) is 29.2 Å². The summed E-state index contributed by atoms with van der Waals surface area (Å²) in [4.78, 5) is 49.9. The molecule has 1 aromatic carbocycles. The van der Waals surface area contributed by atoms with Gasteiger partial charge in [-0.3, -0.25) is 19.5 Å². The monoisotopic (exact) mass is 617 g/mol. The molecule has 0 spiro atoms. The van der Waals surface area contributed by atoms with Crippen molar-refractivity contribution in [3.05, 3.63) is 64.3 Å². The number of rotatable bonds is 9. The summed E-state index contributed by atoms with van der Waals surface area (Å²) in [7, 11) is 0. The first-order valence-corrected chi connectivity index (χ1v) is 14.2. The lowest BCUT2D eigenvalue weighted by Crippen LogP contribution is -2.45. The molecule has 2 fully saturated rings. The third-order valence-electron chi connectivity index (χ3n) is 8.43. The van der Waals surface area contributed by atoms with Gasteiger partial charge in [0.25, 0.3) is 5.92 Å². The quantitative estimate of drug-likeness (QED) is 0.407. The number of aliphatic carboxylic acids is 1. The molecule has 0 aliphatic carbocycles. The summed E-state index contributed by atoms with van der Waals surface area (Å²) in [5, 5.41) is 12.6. The number of amides is 1. The van der Waals surface area contributed by atoms with Crippen LogP contribution in [0, 0.1) is 31.0 Å². The van der Waals surface area contributed by atoms with E-state index in [1.54, 1.807) is 26.8 Å². The van der Waals surface area contributed by atoms with Crippen molar-refractivity contribution >= 4 is 23.7 Å². The van der Waals surface area contributed by atoms with Gasteiger partial charge in [-0.05, 0) is 51.8 Å². The number of benzene rings is 1. The Labute approximate surface area is 251 Å². The standard InChI is InChI=1S/C30H34F3N5O6/c1-6-43-27(40)21-19(10-37-13-30(32,33)22-20(37)11-38(26(22)39)12-29(4,5)28(41)42)35-25(23-16(3)44-14-34-23)36-24(21)17-8-7-9-18(31)15(17)2/h7-9,14,20,22,24H,6,10-13H2,1-5H3,(H,35,36)(H,41,42)/t20-,22-,24+/m0/s1. The Kier molecular flexibility index (Phi) is 8.08. The Morgan fingerprint density at radius 3 is 2.64 bits per heavy atom. The van der Waals surface area contributed by atoms with E-state index in [4.69, 9.17) is 14.1 Å². The number of halogens is 3. The fourth-order valence-electron chi connectivity index (χ4n) is 6.09. The van der Waals surface area contributed by atoms with Crippen LogP contribution in [0.3, 0.4) is 0 Å². The number of hydrogen-bond donors (Lipinski definition) is 2. The van der Waals surface area contributed by atoms with Crippen LogP contribution >= 0.6 is 0 Å². The number of carbonyl (C=O) groups is 3. The van der Waals surface area contributed by atoms with Gasteiger partial charge in [-0.25, -0.2) is 22.9 Å². The Bertz CT molecular complexity index is 1570. The van der Waals surface area contributed by atoms with Gasteiger partial charge in [-0.1, -0.05) is 12.1 Å². The average molecular weight is 618 g/mol. The maximum Gasteiger partial charge on any atom is 0.338 e. The number of esters is 1. The Hall–Kier alpha value is -4.20. The van der Waals surface area contributed by atoms with Gasteiger partial charge in [0.05, 0.1) is 24.1 Å². The molecule has 2 N–H and O–H groups in total. The van der Waals surface area contributed by atoms with Crippen LogP contribution in [0.4, 0.5) is 13.2 Å². The Balaban J connectivity index is 1.58. The first-order chi connectivity index (χ1) is 20.7. The van der Waals surface area contributed by atoms with Gasteiger partial charge in [0.2, 0.25) is 5.91 Å². The van der Waals surface area contributed by atoms with Crippen LogP contribution in [0.2, 0.25) is 0 Å². The van der Waals surface area contributed by atoms with E-state index in [9.17, 15) is 23.9 Å². The summed E-state index contributed by atoms with van der Waals surface area (Å²) in [5.74, 6) is -7.78. The minimum absolute atomic E-state index is 0.00500. The predicted octanol–water partition coefficient (Wildman–Crippen LogP) is 3.23. The van der Waals surface area contributed by atoms with E-state index in [-0.39, 0.29) is 48.9 Å². The number of nitrogens with one attached hydrogen (secondary N) is 1. The maximum absolute atomic E-state index is 15.5. The lowest BCUT2D eigenvalue weighted by Gasteiger charge is -2.32. The van der Waals surface area contributed by atoms with E-state index in [2.05, 4.69) is 10.3 Å². The molecule has 3 atom stereocenters. The second-order valence-electron chi connectivity index (χ2n) is 11.9. The number of fused-ring (bicyclic) bond motifs is 1. The van der Waals surface area contributed by atoms with Gasteiger partial charge in [-0.2, -0.15) is 0 Å². The summed E-state index contributed by atoms with van der Waals surface area (Å²) in [6.45, 7) is 6.32. The Morgan fingerprint density at radius 2 is 2.00 bits per heavy atom. The van der Waals surface area contributed by atoms with Crippen LogP contribution in [0.5, 0.6) is 0 Å². The highest BCUT2D eigenvalue weighted by Gasteiger charge is 2.63. The highest BCUT2D eigenvalue weighted by Crippen LogP contribution is 2.45. The molecule has 2 saturated heterocycles. The van der Waals surface area contributed by atoms with Crippen LogP contribution in [-0.4, -0.2) is 88.3 Å². The van der Waals surface area contributed by atoms with Crippen molar-refractivity contribution in [2.75, 3.05) is 32.8 Å². The highest BCUT2D eigenvalue weighted by atomic mass is 19.3. The fourth-order valence-corrected chi connectivity index (χ4v) is 6.09. The van der Waals surface area contributed by atoms with Gasteiger partial charge in [-0.15, -0.1) is 0 Å². The lowest BCUT2D eigenvalue weighted by molar-refractivity contribution is -0.150. The van der Waals surface area contributed by atoms with E-state index in [0.717, 1.165) is 0 Å². The number of likely N-dealkylation sites (tertiary alicyclic amines) is 2. The number of aryl methyl sites for hydroxylation is 1. The SMILES string of the molecule is CCOC(=O)C1=C(CN2CC(F)(F)[C@@H]3C(=O)N(CC(C)(C)C(=O)O)C[C@@H]32)NC(c2ncoc2C)=N[C@@H]1c1cccc(F)c1C. The molecular weight excluding hydrogens is 583 g/mol. The van der Waals surface area contributed by atoms with Crippen LogP contribution in [0.1, 0.15) is 49.4 Å². The van der Waals surface area contributed by atoms with Gasteiger partial charge >= 0.3 is 11.9 Å². The molecule has 0 bridgehead atoms. The highest BCUT2D eigenvalue weighted by molar-refractivity contribution is 6.03. The second kappa shape index (κ2) is 11.4. The van der Waals surface area contributed by atoms with E-state index < -0.39 is 59.5 Å². The van der Waals surface area contributed by atoms with E-state index in [0.29, 0.717) is 17.0 Å². The molecule has 2 aromatic rings. The maximum atomic E-state index is 15.5. The first kappa shape index (κ1) is 31.2. The molecule has 1 amide bonds. The predicted molar refractivity (Wildman–Crippen MR) is 150 cm³/mol. The third-order valence-corrected chi connectivity index (χ3v) is 8.43. The van der Waals surface area contributed by atoms with E-state index in [1.807, 2.05) is 0 Å². The number of carboxylic acid groups (broad SMARTS) is 1. The zero-order valence-corrected chi connectivity index (χ0v) is 25.0. The smallest absolute Gasteiger partial charge is 0.338 e. The minimum atomic E-state index is -3.42. The third kappa shape index (κ3) is 5.46. The molecule has 14 heteroatoms. The van der Waals surface area contributed by atoms with E-state index >= 15 is 8.78 Å². The van der Waals surface area contributed by atoms with Crippen molar-refractivity contribution in [1.82, 2.24) is 20.1 Å². The van der Waals surface area contributed by atoms with E-state index in [1.165, 1.54) is 42.2 Å². The number of alkyl halides is 2. The number of aliphatic imine (C=N–C) groups is 1. The fraction of sp³-hybridized carbons (Fsp3) is 0.500. The molecule has 3 aliphatic rings. The summed E-state index contributed by atoms with van der Waals surface area (Å²) >= 11 is 0. The number of ether oxygens (including phenoxy) is 1. The molecular formula is C30H34F3N5O6. The molecule has 236 valence electrons. The molecule has 44 heavy (non-hydrogen) atoms. The molecule has 4 heterocycles. The second-order valence-corrected chi connectivity index (χ2v) is 11.9. The van der Waals surface area contributed by atoms with Crippen molar-refractivity contribution in [3.63, 3.8) is 0 Å². The molecule has 3 aliphatic heterocycles. The molecule has 11 nitrogen and oxygen atoms in total.